The van der Waals surface area contributed by atoms with E-state index in [0.717, 1.165) is 127 Å². The lowest BCUT2D eigenvalue weighted by Crippen LogP contribution is -2.61. The van der Waals surface area contributed by atoms with Gasteiger partial charge in [0.05, 0.1) is 72.1 Å². The molecule has 7 heterocycles. The second kappa shape index (κ2) is 28.7. The summed E-state index contributed by atoms with van der Waals surface area (Å²) in [5.74, 6) is 0. The number of hydrogen-bond donors (Lipinski definition) is 0. The van der Waals surface area contributed by atoms with Crippen LogP contribution in [0.3, 0.4) is 0 Å². The summed E-state index contributed by atoms with van der Waals surface area (Å²) in [6.45, 7) is 12.4. The van der Waals surface area contributed by atoms with Gasteiger partial charge in [0.2, 0.25) is 0 Å². The van der Waals surface area contributed by atoms with Crippen molar-refractivity contribution in [2.24, 2.45) is 0 Å². The highest BCUT2D eigenvalue weighted by Gasteiger charge is 2.46. The molecule has 2 aliphatic heterocycles. The van der Waals surface area contributed by atoms with Crippen LogP contribution < -0.4 is 26.2 Å². The number of aromatic nitrogens is 3. The molecule has 130 heavy (non-hydrogen) atoms. The van der Waals surface area contributed by atoms with E-state index in [1.165, 1.54) is 4.57 Å². The second-order valence-electron chi connectivity index (χ2n) is 36.3. The van der Waals surface area contributed by atoms with Crippen LogP contribution in [0.4, 0.5) is 34.1 Å². The average Bonchev–Trinajstić information content (AvgIpc) is 1.60. The van der Waals surface area contributed by atoms with Gasteiger partial charge in [-0.05, 0) is 227 Å². The van der Waals surface area contributed by atoms with Crippen LogP contribution in [-0.2, 0) is 10.8 Å². The third kappa shape index (κ3) is 11.6. The van der Waals surface area contributed by atoms with E-state index in [-0.39, 0.29) is 65.8 Å². The van der Waals surface area contributed by atoms with Gasteiger partial charge in [0.15, 0.2) is 11.2 Å². The molecule has 0 amide bonds. The quantitative estimate of drug-likeness (QED) is 0.121. The van der Waals surface area contributed by atoms with Crippen molar-refractivity contribution in [2.75, 3.05) is 9.80 Å². The zero-order chi connectivity index (χ0) is 100. The molecule has 0 spiro atoms. The van der Waals surface area contributed by atoms with Crippen LogP contribution in [0.2, 0.25) is 0 Å². The number of anilines is 6. The molecule has 0 unspecified atom stereocenters. The summed E-state index contributed by atoms with van der Waals surface area (Å²) in [5.41, 5.74) is 22.5. The molecule has 0 saturated carbocycles. The Morgan fingerprint density at radius 2 is 0.546 bits per heavy atom. The van der Waals surface area contributed by atoms with Gasteiger partial charge in [-0.3, -0.25) is 0 Å². The second-order valence-corrected chi connectivity index (χ2v) is 36.3. The Hall–Kier alpha value is -16.2. The highest BCUT2D eigenvalue weighted by atomic mass is 16.3. The molecule has 2 aliphatic rings. The number of hydrogen-bond acceptors (Lipinski definition) is 4. The predicted octanol–water partition coefficient (Wildman–Crippen LogP) is 31.5. The van der Waals surface area contributed by atoms with E-state index in [0.29, 0.717) is 72.8 Å². The molecular formula is C122H86BN5O2. The zero-order valence-electron chi connectivity index (χ0n) is 87.7. The fourth-order valence-electron chi connectivity index (χ4n) is 20.6. The fourth-order valence-corrected chi connectivity index (χ4v) is 20.6. The van der Waals surface area contributed by atoms with E-state index in [4.69, 9.17) is 8.83 Å². The topological polar surface area (TPSA) is 47.6 Å². The van der Waals surface area contributed by atoms with Crippen molar-refractivity contribution in [2.45, 2.75) is 52.4 Å². The summed E-state index contributed by atoms with van der Waals surface area (Å²) in [7, 11) is 0. The molecule has 614 valence electrons. The van der Waals surface area contributed by atoms with Crippen LogP contribution in [0.1, 0.15) is 74.6 Å². The van der Waals surface area contributed by atoms with Gasteiger partial charge in [0.25, 0.3) is 6.71 Å². The minimum Gasteiger partial charge on any atom is -0.453 e. The first-order valence-corrected chi connectivity index (χ1v) is 44.0. The van der Waals surface area contributed by atoms with Crippen LogP contribution in [-0.4, -0.2) is 20.4 Å². The monoisotopic (exact) mass is 1680 g/mol. The summed E-state index contributed by atoms with van der Waals surface area (Å²) >= 11 is 0. The van der Waals surface area contributed by atoms with Gasteiger partial charge in [-0.1, -0.05) is 320 Å². The van der Waals surface area contributed by atoms with E-state index in [1.54, 1.807) is 4.57 Å². The van der Waals surface area contributed by atoms with Crippen molar-refractivity contribution >= 4 is 167 Å². The van der Waals surface area contributed by atoms with E-state index in [1.807, 2.05) is 146 Å². The Kier molecular flexibility index (Phi) is 13.3. The van der Waals surface area contributed by atoms with E-state index >= 15 is 0 Å². The molecule has 0 saturated heterocycles. The van der Waals surface area contributed by atoms with Crippen molar-refractivity contribution in [3.63, 3.8) is 0 Å². The number of fused-ring (bicyclic) bond motifs is 19. The molecular weight excluding hydrogens is 1580 g/mol. The number of furan rings is 2. The first-order valence-electron chi connectivity index (χ1n) is 52.0. The zero-order valence-corrected chi connectivity index (χ0v) is 71.7. The van der Waals surface area contributed by atoms with Crippen molar-refractivity contribution in [1.82, 2.24) is 13.7 Å². The summed E-state index contributed by atoms with van der Waals surface area (Å²) in [6, 6.07) is 99.1. The Morgan fingerprint density at radius 1 is 0.231 bits per heavy atom. The van der Waals surface area contributed by atoms with Gasteiger partial charge < -0.3 is 32.3 Å². The first-order chi connectivity index (χ1) is 70.4. The normalized spacial score (nSPS) is 14.5. The van der Waals surface area contributed by atoms with Crippen LogP contribution >= 0.6 is 0 Å². The molecule has 0 fully saturated rings. The maximum atomic E-state index is 10.4. The Morgan fingerprint density at radius 3 is 0.908 bits per heavy atom. The minimum atomic E-state index is -0.883. The lowest BCUT2D eigenvalue weighted by atomic mass is 9.33. The van der Waals surface area contributed by atoms with Crippen LogP contribution in [0, 0.1) is 0 Å². The van der Waals surface area contributed by atoms with Crippen molar-refractivity contribution in [1.29, 1.82) is 0 Å². The van der Waals surface area contributed by atoms with Crippen molar-refractivity contribution in [3.05, 3.63) is 423 Å². The summed E-state index contributed by atoms with van der Waals surface area (Å²) < 4.78 is 177. The van der Waals surface area contributed by atoms with Gasteiger partial charge in [0.1, 0.15) is 11.2 Å². The Labute approximate surface area is 776 Å². The van der Waals surface area contributed by atoms with Crippen molar-refractivity contribution < 1.29 is 30.8 Å². The average molecular weight is 1680 g/mol. The summed E-state index contributed by atoms with van der Waals surface area (Å²) in [5, 5.41) is 4.52. The minimum absolute atomic E-state index is 0.116. The fraction of sp³-hybridized carbons (Fsp3) is 0.0656. The Balaban J connectivity index is 0.834. The third-order valence-electron chi connectivity index (χ3n) is 26.8. The lowest BCUT2D eigenvalue weighted by Gasteiger charge is -2.44. The molecule has 0 aliphatic carbocycles. The Bertz CT molecular complexity index is 9550. The van der Waals surface area contributed by atoms with Gasteiger partial charge in [0, 0.05) is 99.1 Å². The highest BCUT2D eigenvalue weighted by molar-refractivity contribution is 7.00. The van der Waals surface area contributed by atoms with Gasteiger partial charge >= 0.3 is 0 Å². The molecule has 0 bridgehead atoms. The third-order valence-corrected chi connectivity index (χ3v) is 26.8. The number of para-hydroxylation sites is 8. The van der Waals surface area contributed by atoms with Crippen LogP contribution in [0.25, 0.3) is 193 Å². The predicted molar refractivity (Wildman–Crippen MR) is 548 cm³/mol. The summed E-state index contributed by atoms with van der Waals surface area (Å²) in [6.07, 6.45) is 0. The standard InChI is InChI=1S/C122H86BN5O2/c1-121(2,3)85-55-61-108-100(69-85)101-70-86(122(4,5)6)56-62-109(101)125(108)88-58-60-103-113(72-88)128(111-54-30-48-99-97-46-28-44-91(118(97)130-120(99)111)84-67-81(77-35-15-9-16-36-77)64-82(68-84)78-37-17-10-18-38-78)115-74-89(126-106-51-25-21-41-94(106)95-42-22-26-52-107(95)126)73-114-116(115)123(103)102-59-57-87(124-104-49-23-19-39-92(104)93-40-20-24-50-105(93)124)71-112(102)127(114)110-53-29-47-98-96-45-27-43-90(117(96)129-119(98)110)83-65-79(75-31-11-7-12-32-75)63-80(66-83)76-33-13-8-14-34-76/h7-74H,1-6H3/i19D,20D,21D,22D,23D,24D,25D,26D,39D,40D,41D,42D,49D,50D,51D,52D. The lowest BCUT2D eigenvalue weighted by molar-refractivity contribution is 0.590. The maximum absolute atomic E-state index is 10.4. The van der Waals surface area contributed by atoms with E-state index in [2.05, 4.69) is 226 Å². The molecule has 19 aromatic carbocycles. The van der Waals surface area contributed by atoms with Gasteiger partial charge in [-0.15, -0.1) is 0 Å². The number of benzene rings is 19. The molecule has 5 aromatic heterocycles. The highest BCUT2D eigenvalue weighted by Crippen LogP contribution is 2.54. The molecule has 7 nitrogen and oxygen atoms in total. The van der Waals surface area contributed by atoms with Crippen LogP contribution in [0.5, 0.6) is 0 Å². The van der Waals surface area contributed by atoms with Gasteiger partial charge in [-0.25, -0.2) is 0 Å². The van der Waals surface area contributed by atoms with E-state index < -0.39 is 103 Å². The molecule has 26 rings (SSSR count). The van der Waals surface area contributed by atoms with Crippen LogP contribution in [0.15, 0.2) is 421 Å². The number of nitrogens with zero attached hydrogens (tertiary/aromatic N) is 5. The number of rotatable bonds is 11. The maximum Gasteiger partial charge on any atom is 0.252 e. The van der Waals surface area contributed by atoms with Gasteiger partial charge in [-0.2, -0.15) is 0 Å². The molecule has 0 atom stereocenters. The largest absolute Gasteiger partial charge is 0.453 e. The first kappa shape index (κ1) is 60.5. The smallest absolute Gasteiger partial charge is 0.252 e. The SMILES string of the molecule is [2H]c1c([2H])c([2H])c2c(c1[2H])c1c([2H])c([2H])c([2H])c([2H])c1n2-c1ccc2c(c1)N(c1cccc3c1oc1c(-c4cc(-c5ccccc5)cc(-c5ccccc5)c4)cccc13)c1cc(-n3c4c([2H])c([2H])c([2H])c([2H])c4c4c([2H])c([2H])c([2H])c([2H])c43)cc3c1B2c1ccc(-n2c4ccc(C(C)(C)C)cc4c4cc(C(C)(C)C)ccc42)cc1N3c1cccc2c1oc1c(-c3cc(-c4ccccc4)cc(-c4ccccc4)c3)cccc12. The van der Waals surface area contributed by atoms with E-state index in [9.17, 15) is 21.9 Å². The molecule has 8 heteroatoms. The van der Waals surface area contributed by atoms with Crippen molar-refractivity contribution in [3.8, 4) is 83.8 Å². The molecule has 0 radical (unpaired) electrons. The molecule has 0 N–H and O–H groups in total. The summed E-state index contributed by atoms with van der Waals surface area (Å²) in [4.78, 5) is 4.28. The molecule has 24 aromatic rings.